The number of nitrogens with zero attached hydrogens (tertiary/aromatic N) is 1. The fourth-order valence-electron chi connectivity index (χ4n) is 2.89. The van der Waals surface area contributed by atoms with Gasteiger partial charge in [-0.25, -0.2) is 13.8 Å². The number of methoxy groups -OCH3 is 1. The van der Waals surface area contributed by atoms with Crippen LogP contribution >= 0.6 is 0 Å². The van der Waals surface area contributed by atoms with Crippen LogP contribution in [0.4, 0.5) is 4.79 Å². The molecule has 1 saturated heterocycles. The molecule has 3 atom stereocenters. The van der Waals surface area contributed by atoms with Crippen LogP contribution in [0.1, 0.15) is 33.3 Å². The van der Waals surface area contributed by atoms with E-state index < -0.39 is 52.1 Å². The topological polar surface area (TPSA) is 128 Å². The summed E-state index contributed by atoms with van der Waals surface area (Å²) in [5, 5.41) is 2.47. The lowest BCUT2D eigenvalue weighted by Gasteiger charge is -2.27. The molecule has 1 aromatic carbocycles. The van der Waals surface area contributed by atoms with Gasteiger partial charge in [-0.05, 0) is 33.3 Å². The first-order valence-electron chi connectivity index (χ1n) is 9.23. The van der Waals surface area contributed by atoms with Crippen molar-refractivity contribution in [3.05, 3.63) is 35.9 Å². The van der Waals surface area contributed by atoms with Gasteiger partial charge in [0.25, 0.3) is 0 Å². The second-order valence-electron chi connectivity index (χ2n) is 7.75. The van der Waals surface area contributed by atoms with Crippen molar-refractivity contribution in [2.75, 3.05) is 7.11 Å². The summed E-state index contributed by atoms with van der Waals surface area (Å²) in [5.41, 5.74) is -0.248. The lowest BCUT2D eigenvalue weighted by molar-refractivity contribution is -0.145. The van der Waals surface area contributed by atoms with Gasteiger partial charge in [0.1, 0.15) is 17.7 Å². The van der Waals surface area contributed by atoms with E-state index in [-0.39, 0.29) is 10.7 Å². The van der Waals surface area contributed by atoms with E-state index in [2.05, 4.69) is 5.32 Å². The Morgan fingerprint density at radius 2 is 1.80 bits per heavy atom. The minimum Gasteiger partial charge on any atom is -0.467 e. The Balaban J connectivity index is 2.27. The minimum atomic E-state index is -4.54. The van der Waals surface area contributed by atoms with E-state index in [0.29, 0.717) is 0 Å². The van der Waals surface area contributed by atoms with Crippen LogP contribution in [0.5, 0.6) is 0 Å². The molecule has 1 fully saturated rings. The molecule has 0 unspecified atom stereocenters. The Kier molecular flexibility index (Phi) is 7.09. The quantitative estimate of drug-likeness (QED) is 0.673. The highest BCUT2D eigenvalue weighted by Gasteiger charge is 2.53. The Hall–Kier alpha value is -2.66. The van der Waals surface area contributed by atoms with Crippen LogP contribution in [0.3, 0.4) is 0 Å². The van der Waals surface area contributed by atoms with E-state index in [1.165, 1.54) is 14.0 Å². The molecule has 0 aliphatic carbocycles. The number of benzene rings is 1. The molecule has 2 amide bonds. The number of rotatable bonds is 5. The van der Waals surface area contributed by atoms with Gasteiger partial charge >= 0.3 is 22.4 Å². The first-order chi connectivity index (χ1) is 13.9. The van der Waals surface area contributed by atoms with Gasteiger partial charge in [0, 0.05) is 6.42 Å². The van der Waals surface area contributed by atoms with Crippen LogP contribution in [0.25, 0.3) is 0 Å². The second kappa shape index (κ2) is 9.00. The zero-order valence-corrected chi connectivity index (χ0v) is 18.3. The lowest BCUT2D eigenvalue weighted by atomic mass is 10.0. The SMILES string of the molecule is COC(=O)[C@H](Cc1ccccc1)NC(=O)[C@@H]1[C@@H](C)OS(=O)(=O)N1C(=O)OC(C)(C)C. The van der Waals surface area contributed by atoms with E-state index in [4.69, 9.17) is 13.7 Å². The molecule has 1 aliphatic rings. The average molecular weight is 442 g/mol. The molecule has 1 aromatic rings. The highest BCUT2D eigenvalue weighted by Crippen LogP contribution is 2.27. The molecule has 11 heteroatoms. The number of hydrogen-bond donors (Lipinski definition) is 1. The summed E-state index contributed by atoms with van der Waals surface area (Å²) >= 11 is 0. The maximum Gasteiger partial charge on any atom is 0.426 e. The predicted octanol–water partition coefficient (Wildman–Crippen LogP) is 1.16. The third-order valence-corrected chi connectivity index (χ3v) is 5.54. The van der Waals surface area contributed by atoms with Crippen LogP contribution in [0, 0.1) is 0 Å². The first-order valence-corrected chi connectivity index (χ1v) is 10.6. The molecular weight excluding hydrogens is 416 g/mol. The normalized spacial score (nSPS) is 21.6. The standard InChI is InChI=1S/C19H26N2O8S/c1-12-15(21(30(25,26)29-12)18(24)28-19(2,3)4)16(22)20-14(17(23)27-5)11-13-9-7-6-8-10-13/h6-10,12,14-15H,11H2,1-5H3,(H,20,22)/t12-,14+,15+/m1/s1. The molecule has 0 bridgehead atoms. The van der Waals surface area contributed by atoms with E-state index in [0.717, 1.165) is 5.56 Å². The van der Waals surface area contributed by atoms with E-state index in [1.54, 1.807) is 51.1 Å². The van der Waals surface area contributed by atoms with Gasteiger partial charge in [-0.3, -0.25) is 4.79 Å². The molecule has 1 aliphatic heterocycles. The molecule has 166 valence electrons. The van der Waals surface area contributed by atoms with Crippen LogP contribution in [0.2, 0.25) is 0 Å². The molecule has 0 radical (unpaired) electrons. The van der Waals surface area contributed by atoms with Crippen LogP contribution in [-0.4, -0.2) is 61.6 Å². The maximum absolute atomic E-state index is 12.9. The Labute approximate surface area is 175 Å². The van der Waals surface area contributed by atoms with Crippen LogP contribution in [0.15, 0.2) is 30.3 Å². The molecule has 0 aromatic heterocycles. The monoisotopic (exact) mass is 442 g/mol. The van der Waals surface area contributed by atoms with Crippen LogP contribution < -0.4 is 5.32 Å². The second-order valence-corrected chi connectivity index (χ2v) is 9.20. The van der Waals surface area contributed by atoms with Crippen molar-refractivity contribution in [3.8, 4) is 0 Å². The van der Waals surface area contributed by atoms with Gasteiger partial charge in [0.05, 0.1) is 7.11 Å². The summed E-state index contributed by atoms with van der Waals surface area (Å²) in [6, 6.07) is 6.23. The summed E-state index contributed by atoms with van der Waals surface area (Å²) in [5.74, 6) is -1.61. The average Bonchev–Trinajstić information content (AvgIpc) is 2.88. The fourth-order valence-corrected chi connectivity index (χ4v) is 4.24. The Morgan fingerprint density at radius 3 is 2.33 bits per heavy atom. The van der Waals surface area contributed by atoms with Crippen molar-refractivity contribution in [1.82, 2.24) is 9.62 Å². The van der Waals surface area contributed by atoms with Gasteiger partial charge in [-0.15, -0.1) is 0 Å². The van der Waals surface area contributed by atoms with Gasteiger partial charge < -0.3 is 14.8 Å². The van der Waals surface area contributed by atoms with Crippen molar-refractivity contribution < 1.29 is 36.5 Å². The maximum atomic E-state index is 12.9. The summed E-state index contributed by atoms with van der Waals surface area (Å²) in [6.07, 6.45) is -2.32. The smallest absolute Gasteiger partial charge is 0.426 e. The molecule has 1 heterocycles. The number of carbonyl (C=O) groups is 3. The highest BCUT2D eigenvalue weighted by molar-refractivity contribution is 7.85. The van der Waals surface area contributed by atoms with Crippen molar-refractivity contribution in [1.29, 1.82) is 0 Å². The molecule has 30 heavy (non-hydrogen) atoms. The zero-order valence-electron chi connectivity index (χ0n) is 17.4. The van der Waals surface area contributed by atoms with Crippen molar-refractivity contribution in [2.24, 2.45) is 0 Å². The molecule has 2 rings (SSSR count). The number of hydrogen-bond acceptors (Lipinski definition) is 8. The fraction of sp³-hybridized carbons (Fsp3) is 0.526. The number of carbonyl (C=O) groups excluding carboxylic acids is 3. The van der Waals surface area contributed by atoms with Gasteiger partial charge in [-0.1, -0.05) is 30.3 Å². The molecule has 0 spiro atoms. The highest BCUT2D eigenvalue weighted by atomic mass is 32.2. The molecule has 10 nitrogen and oxygen atoms in total. The molecule has 0 saturated carbocycles. The largest absolute Gasteiger partial charge is 0.467 e. The predicted molar refractivity (Wildman–Crippen MR) is 105 cm³/mol. The van der Waals surface area contributed by atoms with Crippen molar-refractivity contribution >= 4 is 28.3 Å². The molecule has 1 N–H and O–H groups in total. The van der Waals surface area contributed by atoms with Crippen LogP contribution in [-0.2, 0) is 40.0 Å². The van der Waals surface area contributed by atoms with Gasteiger partial charge in [-0.2, -0.15) is 12.7 Å². The van der Waals surface area contributed by atoms with E-state index >= 15 is 0 Å². The summed E-state index contributed by atoms with van der Waals surface area (Å²) in [6.45, 7) is 6.00. The number of amides is 2. The number of esters is 1. The summed E-state index contributed by atoms with van der Waals surface area (Å²) < 4.78 is 39.6. The Bertz CT molecular complexity index is 895. The third-order valence-electron chi connectivity index (χ3n) is 4.14. The van der Waals surface area contributed by atoms with E-state index in [1.807, 2.05) is 0 Å². The summed E-state index contributed by atoms with van der Waals surface area (Å²) in [7, 11) is -3.37. The Morgan fingerprint density at radius 1 is 1.20 bits per heavy atom. The minimum absolute atomic E-state index is 0.112. The summed E-state index contributed by atoms with van der Waals surface area (Å²) in [4.78, 5) is 37.6. The van der Waals surface area contributed by atoms with Gasteiger partial charge in [0.2, 0.25) is 5.91 Å². The first kappa shape index (κ1) is 23.6. The van der Waals surface area contributed by atoms with Crippen molar-refractivity contribution in [2.45, 2.75) is 57.9 Å². The number of ether oxygens (including phenoxy) is 2. The van der Waals surface area contributed by atoms with Crippen molar-refractivity contribution in [3.63, 3.8) is 0 Å². The zero-order chi connectivity index (χ0) is 22.7. The van der Waals surface area contributed by atoms with Gasteiger partial charge in [0.15, 0.2) is 6.04 Å². The molecular formula is C19H26N2O8S. The number of nitrogens with one attached hydrogen (secondary N) is 1. The van der Waals surface area contributed by atoms with E-state index in [9.17, 15) is 22.8 Å². The third kappa shape index (κ3) is 5.70. The lowest BCUT2D eigenvalue weighted by Crippen LogP contribution is -2.55.